The normalized spacial score (nSPS) is 11.4. The van der Waals surface area contributed by atoms with Gasteiger partial charge in [-0.05, 0) is 89.0 Å². The Morgan fingerprint density at radius 3 is 1.51 bits per heavy atom. The van der Waals surface area contributed by atoms with Crippen molar-refractivity contribution in [1.82, 2.24) is 9.13 Å². The van der Waals surface area contributed by atoms with Crippen LogP contribution in [0.4, 0.5) is 4.39 Å². The molecule has 2 nitrogen and oxygen atoms in total. The fourth-order valence-corrected chi connectivity index (χ4v) is 6.14. The van der Waals surface area contributed by atoms with Crippen LogP contribution in [0.2, 0.25) is 0 Å². The zero-order valence-electron chi connectivity index (χ0n) is 23.4. The Balaban J connectivity index is 1.31. The molecule has 8 aromatic rings. The maximum atomic E-state index is 13.9. The summed E-state index contributed by atoms with van der Waals surface area (Å²) < 4.78 is 18.5. The van der Waals surface area contributed by atoms with Gasteiger partial charge in [-0.25, -0.2) is 4.39 Å². The summed E-state index contributed by atoms with van der Waals surface area (Å²) in [7, 11) is 0. The molecular formula is C40H27FN2. The number of nitrogens with zero attached hydrogens (tertiary/aromatic N) is 2. The van der Waals surface area contributed by atoms with Crippen LogP contribution in [0.5, 0.6) is 0 Å². The number of benzene rings is 6. The Morgan fingerprint density at radius 2 is 0.860 bits per heavy atom. The molecule has 204 valence electrons. The van der Waals surface area contributed by atoms with Crippen molar-refractivity contribution in [3.63, 3.8) is 0 Å². The van der Waals surface area contributed by atoms with E-state index in [1.54, 1.807) is 0 Å². The van der Waals surface area contributed by atoms with Crippen molar-refractivity contribution < 1.29 is 4.39 Å². The van der Waals surface area contributed by atoms with Crippen molar-refractivity contribution in [2.45, 2.75) is 0 Å². The lowest BCUT2D eigenvalue weighted by Gasteiger charge is -2.13. The quantitative estimate of drug-likeness (QED) is 0.200. The summed E-state index contributed by atoms with van der Waals surface area (Å²) in [6.07, 6.45) is 0. The minimum atomic E-state index is -0.243. The number of hydrogen-bond acceptors (Lipinski definition) is 0. The van der Waals surface area contributed by atoms with E-state index in [0.29, 0.717) is 0 Å². The lowest BCUT2D eigenvalue weighted by Crippen LogP contribution is -1.97. The summed E-state index contributed by atoms with van der Waals surface area (Å²) in [4.78, 5) is 0. The largest absolute Gasteiger partial charge is 0.309 e. The number of fused-ring (bicyclic) bond motifs is 2. The smallest absolute Gasteiger partial charge is 0.123 e. The van der Waals surface area contributed by atoms with Crippen molar-refractivity contribution in [2.24, 2.45) is 0 Å². The molecule has 3 heteroatoms. The molecule has 0 aliphatic rings. The van der Waals surface area contributed by atoms with Gasteiger partial charge in [0.25, 0.3) is 0 Å². The van der Waals surface area contributed by atoms with Gasteiger partial charge in [-0.15, -0.1) is 0 Å². The Morgan fingerprint density at radius 1 is 0.349 bits per heavy atom. The Bertz CT molecular complexity index is 2210. The van der Waals surface area contributed by atoms with Crippen molar-refractivity contribution in [2.75, 3.05) is 0 Å². The van der Waals surface area contributed by atoms with Crippen molar-refractivity contribution in [3.05, 3.63) is 170 Å². The third-order valence-electron chi connectivity index (χ3n) is 8.18. The van der Waals surface area contributed by atoms with E-state index in [1.807, 2.05) is 30.3 Å². The summed E-state index contributed by atoms with van der Waals surface area (Å²) >= 11 is 0. The molecule has 2 heterocycles. The van der Waals surface area contributed by atoms with Gasteiger partial charge in [-0.3, -0.25) is 0 Å². The number of aromatic nitrogens is 2. The number of rotatable bonds is 5. The molecule has 8 rings (SSSR count). The lowest BCUT2D eigenvalue weighted by atomic mass is 10.0. The Hall–Kier alpha value is -5.67. The van der Waals surface area contributed by atoms with Crippen molar-refractivity contribution >= 4 is 21.8 Å². The third kappa shape index (κ3) is 4.43. The van der Waals surface area contributed by atoms with Crippen LogP contribution in [-0.2, 0) is 0 Å². The summed E-state index contributed by atoms with van der Waals surface area (Å²) in [5.41, 5.74) is 11.1. The molecule has 0 atom stereocenters. The maximum absolute atomic E-state index is 13.9. The van der Waals surface area contributed by atoms with E-state index in [0.717, 1.165) is 55.9 Å². The predicted octanol–water partition coefficient (Wildman–Crippen LogP) is 10.7. The van der Waals surface area contributed by atoms with Crippen LogP contribution < -0.4 is 0 Å². The first-order valence-electron chi connectivity index (χ1n) is 14.5. The fourth-order valence-electron chi connectivity index (χ4n) is 6.14. The molecule has 0 aliphatic heterocycles. The molecule has 0 saturated carbocycles. The van der Waals surface area contributed by atoms with E-state index < -0.39 is 0 Å². The highest BCUT2D eigenvalue weighted by atomic mass is 19.1. The van der Waals surface area contributed by atoms with Crippen LogP contribution >= 0.6 is 0 Å². The first-order valence-corrected chi connectivity index (χ1v) is 14.5. The van der Waals surface area contributed by atoms with Gasteiger partial charge < -0.3 is 9.13 Å². The van der Waals surface area contributed by atoms with Gasteiger partial charge in [-0.2, -0.15) is 0 Å². The maximum Gasteiger partial charge on any atom is 0.123 e. The van der Waals surface area contributed by atoms with Crippen LogP contribution in [0, 0.1) is 5.82 Å². The standard InChI is InChI=1S/C40H27FN2/c41-34-19-21-36(22-20-34)43-38(28-10-4-1-5-11-28)26-32-17-16-31(25-40(32)43)30-18-23-37-33(24-30)27-39(29-12-6-2-7-13-29)42(37)35-14-8-3-9-15-35/h1-27H. The van der Waals surface area contributed by atoms with E-state index in [4.69, 9.17) is 0 Å². The van der Waals surface area contributed by atoms with Gasteiger partial charge in [0.1, 0.15) is 5.82 Å². The van der Waals surface area contributed by atoms with Crippen LogP contribution in [0.25, 0.3) is 66.8 Å². The summed E-state index contributed by atoms with van der Waals surface area (Å²) in [5, 5.41) is 2.31. The van der Waals surface area contributed by atoms with Crippen molar-refractivity contribution in [1.29, 1.82) is 0 Å². The molecule has 43 heavy (non-hydrogen) atoms. The zero-order chi connectivity index (χ0) is 28.8. The molecule has 0 saturated heterocycles. The number of para-hydroxylation sites is 1. The zero-order valence-corrected chi connectivity index (χ0v) is 23.4. The van der Waals surface area contributed by atoms with E-state index in [2.05, 4.69) is 130 Å². The molecule has 0 radical (unpaired) electrons. The highest BCUT2D eigenvalue weighted by Gasteiger charge is 2.16. The summed E-state index contributed by atoms with van der Waals surface area (Å²) in [6.45, 7) is 0. The van der Waals surface area contributed by atoms with E-state index in [-0.39, 0.29) is 5.82 Å². The molecule has 2 aromatic heterocycles. The van der Waals surface area contributed by atoms with Gasteiger partial charge in [-0.1, -0.05) is 97.1 Å². The van der Waals surface area contributed by atoms with Crippen LogP contribution in [0.15, 0.2) is 164 Å². The second-order valence-electron chi connectivity index (χ2n) is 10.8. The molecule has 0 fully saturated rings. The minimum absolute atomic E-state index is 0.243. The molecule has 0 bridgehead atoms. The average molecular weight is 555 g/mol. The molecule has 0 amide bonds. The molecule has 0 spiro atoms. The van der Waals surface area contributed by atoms with Crippen LogP contribution in [-0.4, -0.2) is 9.13 Å². The van der Waals surface area contributed by atoms with Gasteiger partial charge in [0.05, 0.1) is 22.4 Å². The highest BCUT2D eigenvalue weighted by Crippen LogP contribution is 2.37. The van der Waals surface area contributed by atoms with Gasteiger partial charge in [0.2, 0.25) is 0 Å². The molecule has 0 aliphatic carbocycles. The van der Waals surface area contributed by atoms with E-state index in [1.165, 1.54) is 23.1 Å². The Kier molecular flexibility index (Phi) is 6.01. The molecular weight excluding hydrogens is 527 g/mol. The minimum Gasteiger partial charge on any atom is -0.309 e. The van der Waals surface area contributed by atoms with Crippen LogP contribution in [0.3, 0.4) is 0 Å². The highest BCUT2D eigenvalue weighted by molar-refractivity contribution is 5.95. The first-order chi connectivity index (χ1) is 21.2. The second kappa shape index (κ2) is 10.3. The summed E-state index contributed by atoms with van der Waals surface area (Å²) in [6, 6.07) is 56.0. The Labute approximate surface area is 249 Å². The van der Waals surface area contributed by atoms with E-state index >= 15 is 0 Å². The van der Waals surface area contributed by atoms with Crippen LogP contribution in [0.1, 0.15) is 0 Å². The van der Waals surface area contributed by atoms with Crippen molar-refractivity contribution in [3.8, 4) is 45.0 Å². The third-order valence-corrected chi connectivity index (χ3v) is 8.18. The molecule has 0 unspecified atom stereocenters. The molecule has 6 aromatic carbocycles. The fraction of sp³-hybridized carbons (Fsp3) is 0. The SMILES string of the molecule is Fc1ccc(-n2c(-c3ccccc3)cc3ccc(-c4ccc5c(c4)cc(-c4ccccc4)n5-c4ccccc4)cc32)cc1. The molecule has 0 N–H and O–H groups in total. The predicted molar refractivity (Wildman–Crippen MR) is 176 cm³/mol. The number of hydrogen-bond donors (Lipinski definition) is 0. The number of halogens is 1. The monoisotopic (exact) mass is 554 g/mol. The lowest BCUT2D eigenvalue weighted by molar-refractivity contribution is 0.627. The average Bonchev–Trinajstić information content (AvgIpc) is 3.65. The van der Waals surface area contributed by atoms with Gasteiger partial charge in [0.15, 0.2) is 0 Å². The first kappa shape index (κ1) is 25.1. The van der Waals surface area contributed by atoms with Gasteiger partial charge in [0, 0.05) is 22.1 Å². The topological polar surface area (TPSA) is 9.86 Å². The van der Waals surface area contributed by atoms with E-state index in [9.17, 15) is 4.39 Å². The summed E-state index contributed by atoms with van der Waals surface area (Å²) in [5.74, 6) is -0.243. The van der Waals surface area contributed by atoms with Gasteiger partial charge >= 0.3 is 0 Å². The second-order valence-corrected chi connectivity index (χ2v) is 10.8.